The molecule has 0 aliphatic heterocycles. The van der Waals surface area contributed by atoms with Crippen LogP contribution in [0.15, 0.2) is 29.3 Å². The molecule has 2 N–H and O–H groups in total. The molecule has 1 saturated carbocycles. The standard InChI is InChI=1S/C19H32N4O.HI/c1-20-18(22-15-19(10-5-11-19)12-13-24-4)21-14-16-6-8-17(9-7-16)23(2)3;/h6-9H,5,10-15H2,1-4H3,(H2,20,21,22);1H. The van der Waals surface area contributed by atoms with Gasteiger partial charge in [0.1, 0.15) is 0 Å². The van der Waals surface area contributed by atoms with Crippen molar-refractivity contribution in [2.24, 2.45) is 10.4 Å². The fraction of sp³-hybridized carbons (Fsp3) is 0.632. The predicted molar refractivity (Wildman–Crippen MR) is 117 cm³/mol. The zero-order chi connectivity index (χ0) is 17.4. The normalized spacial score (nSPS) is 15.8. The van der Waals surface area contributed by atoms with E-state index in [1.54, 1.807) is 7.11 Å². The van der Waals surface area contributed by atoms with Crippen LogP contribution in [0.1, 0.15) is 31.2 Å². The Balaban J connectivity index is 0.00000312. The highest BCUT2D eigenvalue weighted by Crippen LogP contribution is 2.43. The van der Waals surface area contributed by atoms with Crippen molar-refractivity contribution in [1.82, 2.24) is 10.6 Å². The van der Waals surface area contributed by atoms with Gasteiger partial charge >= 0.3 is 0 Å². The van der Waals surface area contributed by atoms with Crippen LogP contribution >= 0.6 is 24.0 Å². The number of methoxy groups -OCH3 is 1. The number of hydrogen-bond acceptors (Lipinski definition) is 3. The largest absolute Gasteiger partial charge is 0.385 e. The van der Waals surface area contributed by atoms with Crippen LogP contribution in [0.25, 0.3) is 0 Å². The van der Waals surface area contributed by atoms with E-state index in [1.807, 2.05) is 7.05 Å². The highest BCUT2D eigenvalue weighted by Gasteiger charge is 2.36. The molecule has 142 valence electrons. The Hall–Kier alpha value is -1.02. The first-order chi connectivity index (χ1) is 11.6. The van der Waals surface area contributed by atoms with Crippen LogP contribution in [0.2, 0.25) is 0 Å². The van der Waals surface area contributed by atoms with Gasteiger partial charge in [-0.3, -0.25) is 4.99 Å². The number of nitrogens with zero attached hydrogens (tertiary/aromatic N) is 2. The molecule has 1 aliphatic carbocycles. The van der Waals surface area contributed by atoms with E-state index < -0.39 is 0 Å². The minimum atomic E-state index is 0. The first kappa shape index (κ1) is 22.0. The summed E-state index contributed by atoms with van der Waals surface area (Å²) in [5.74, 6) is 0.871. The maximum Gasteiger partial charge on any atom is 0.191 e. The number of rotatable bonds is 8. The zero-order valence-corrected chi connectivity index (χ0v) is 18.3. The smallest absolute Gasteiger partial charge is 0.191 e. The van der Waals surface area contributed by atoms with Crippen LogP contribution in [0, 0.1) is 5.41 Å². The van der Waals surface area contributed by atoms with E-state index >= 15 is 0 Å². The van der Waals surface area contributed by atoms with Gasteiger partial charge in [0.25, 0.3) is 0 Å². The van der Waals surface area contributed by atoms with Crippen molar-refractivity contribution >= 4 is 35.6 Å². The monoisotopic (exact) mass is 460 g/mol. The lowest BCUT2D eigenvalue weighted by molar-refractivity contribution is 0.0732. The SMILES string of the molecule is CN=C(NCc1ccc(N(C)C)cc1)NCC1(CCOC)CCC1.I. The Morgan fingerprint density at radius 3 is 2.36 bits per heavy atom. The van der Waals surface area contributed by atoms with Crippen molar-refractivity contribution in [3.8, 4) is 0 Å². The fourth-order valence-electron chi connectivity index (χ4n) is 3.10. The van der Waals surface area contributed by atoms with Crippen molar-refractivity contribution in [1.29, 1.82) is 0 Å². The van der Waals surface area contributed by atoms with Crippen molar-refractivity contribution in [2.45, 2.75) is 32.2 Å². The Bertz CT molecular complexity index is 527. The highest BCUT2D eigenvalue weighted by molar-refractivity contribution is 14.0. The molecule has 25 heavy (non-hydrogen) atoms. The number of ether oxygens (including phenoxy) is 1. The summed E-state index contributed by atoms with van der Waals surface area (Å²) in [5.41, 5.74) is 2.86. The van der Waals surface area contributed by atoms with Crippen molar-refractivity contribution < 1.29 is 4.74 Å². The molecule has 0 unspecified atom stereocenters. The number of hydrogen-bond donors (Lipinski definition) is 2. The predicted octanol–water partition coefficient (Wildman–Crippen LogP) is 3.24. The summed E-state index contributed by atoms with van der Waals surface area (Å²) in [4.78, 5) is 6.45. The first-order valence-corrected chi connectivity index (χ1v) is 8.78. The van der Waals surface area contributed by atoms with Crippen molar-refractivity contribution in [3.63, 3.8) is 0 Å². The molecule has 1 fully saturated rings. The van der Waals surface area contributed by atoms with Gasteiger partial charge in [-0.15, -0.1) is 24.0 Å². The zero-order valence-electron chi connectivity index (χ0n) is 16.0. The van der Waals surface area contributed by atoms with E-state index in [9.17, 15) is 0 Å². The molecule has 0 spiro atoms. The van der Waals surface area contributed by atoms with Gasteiger partial charge < -0.3 is 20.3 Å². The van der Waals surface area contributed by atoms with Gasteiger partial charge in [0.05, 0.1) is 0 Å². The molecule has 1 aliphatic rings. The summed E-state index contributed by atoms with van der Waals surface area (Å²) in [6.45, 7) is 2.58. The van der Waals surface area contributed by atoms with Crippen LogP contribution in [-0.4, -0.2) is 47.4 Å². The Morgan fingerprint density at radius 1 is 1.20 bits per heavy atom. The Labute approximate surface area is 169 Å². The van der Waals surface area contributed by atoms with E-state index in [1.165, 1.54) is 30.5 Å². The third kappa shape index (κ3) is 6.66. The summed E-state index contributed by atoms with van der Waals surface area (Å²) in [7, 11) is 7.71. The van der Waals surface area contributed by atoms with E-state index in [0.717, 1.165) is 32.1 Å². The second-order valence-electron chi connectivity index (χ2n) is 6.94. The maximum absolute atomic E-state index is 5.26. The molecule has 0 aromatic heterocycles. The molecular weight excluding hydrogens is 427 g/mol. The molecule has 1 aromatic carbocycles. The molecule has 5 nitrogen and oxygen atoms in total. The van der Waals surface area contributed by atoms with Crippen LogP contribution in [0.3, 0.4) is 0 Å². The highest BCUT2D eigenvalue weighted by atomic mass is 127. The minimum Gasteiger partial charge on any atom is -0.385 e. The second-order valence-corrected chi connectivity index (χ2v) is 6.94. The third-order valence-corrected chi connectivity index (χ3v) is 5.02. The molecule has 2 rings (SSSR count). The van der Waals surface area contributed by atoms with Crippen LogP contribution in [-0.2, 0) is 11.3 Å². The van der Waals surface area contributed by atoms with Gasteiger partial charge in [0.2, 0.25) is 0 Å². The number of anilines is 1. The summed E-state index contributed by atoms with van der Waals surface area (Å²) < 4.78 is 5.26. The maximum atomic E-state index is 5.26. The van der Waals surface area contributed by atoms with E-state index in [2.05, 4.69) is 58.9 Å². The van der Waals surface area contributed by atoms with Crippen molar-refractivity contribution in [2.75, 3.05) is 46.3 Å². The van der Waals surface area contributed by atoms with Gasteiger partial charge in [-0.1, -0.05) is 18.6 Å². The number of aliphatic imine (C=N–C) groups is 1. The average molecular weight is 460 g/mol. The average Bonchev–Trinajstić information content (AvgIpc) is 2.56. The number of benzene rings is 1. The van der Waals surface area contributed by atoms with E-state index in [-0.39, 0.29) is 24.0 Å². The summed E-state index contributed by atoms with van der Waals surface area (Å²) in [6, 6.07) is 8.59. The van der Waals surface area contributed by atoms with E-state index in [4.69, 9.17) is 4.74 Å². The van der Waals surface area contributed by atoms with Gasteiger partial charge in [-0.05, 0) is 42.4 Å². The van der Waals surface area contributed by atoms with Gasteiger partial charge in [0, 0.05) is 53.6 Å². The molecule has 0 atom stereocenters. The van der Waals surface area contributed by atoms with Crippen LogP contribution < -0.4 is 15.5 Å². The van der Waals surface area contributed by atoms with Crippen LogP contribution in [0.4, 0.5) is 5.69 Å². The minimum absolute atomic E-state index is 0. The van der Waals surface area contributed by atoms with E-state index in [0.29, 0.717) is 5.41 Å². The molecular formula is C19H33IN4O. The topological polar surface area (TPSA) is 48.9 Å². The lowest BCUT2D eigenvalue weighted by atomic mass is 9.67. The lowest BCUT2D eigenvalue weighted by Crippen LogP contribution is -2.46. The molecule has 0 bridgehead atoms. The molecule has 0 heterocycles. The number of halogens is 1. The third-order valence-electron chi connectivity index (χ3n) is 5.02. The second kappa shape index (κ2) is 10.9. The lowest BCUT2D eigenvalue weighted by Gasteiger charge is -2.42. The molecule has 6 heteroatoms. The Kier molecular flexibility index (Phi) is 9.56. The first-order valence-electron chi connectivity index (χ1n) is 8.78. The summed E-state index contributed by atoms with van der Waals surface area (Å²) in [5, 5.41) is 6.90. The summed E-state index contributed by atoms with van der Waals surface area (Å²) in [6.07, 6.45) is 5.02. The quantitative estimate of drug-likeness (QED) is 0.355. The molecule has 0 saturated heterocycles. The summed E-state index contributed by atoms with van der Waals surface area (Å²) >= 11 is 0. The Morgan fingerprint density at radius 2 is 1.88 bits per heavy atom. The van der Waals surface area contributed by atoms with Gasteiger partial charge in [-0.25, -0.2) is 0 Å². The fourth-order valence-corrected chi connectivity index (χ4v) is 3.10. The van der Waals surface area contributed by atoms with Crippen molar-refractivity contribution in [3.05, 3.63) is 29.8 Å². The number of nitrogens with one attached hydrogen (secondary N) is 2. The molecule has 0 amide bonds. The van der Waals surface area contributed by atoms with Crippen LogP contribution in [0.5, 0.6) is 0 Å². The number of guanidine groups is 1. The molecule has 1 aromatic rings. The van der Waals surface area contributed by atoms with Gasteiger partial charge in [0.15, 0.2) is 5.96 Å². The van der Waals surface area contributed by atoms with Gasteiger partial charge in [-0.2, -0.15) is 0 Å². The molecule has 0 radical (unpaired) electrons.